The highest BCUT2D eigenvalue weighted by molar-refractivity contribution is 5.66. The van der Waals surface area contributed by atoms with Gasteiger partial charge in [-0.2, -0.15) is 5.26 Å². The summed E-state index contributed by atoms with van der Waals surface area (Å²) in [7, 11) is 0. The molecule has 1 aliphatic heterocycles. The Hall–Kier alpha value is -3.00. The van der Waals surface area contributed by atoms with Crippen molar-refractivity contribution in [3.63, 3.8) is 0 Å². The number of rotatable bonds is 9. The number of nitriles is 1. The van der Waals surface area contributed by atoms with Crippen molar-refractivity contribution < 1.29 is 0 Å². The van der Waals surface area contributed by atoms with Crippen LogP contribution >= 0.6 is 0 Å². The molecule has 1 atom stereocenters. The molecule has 34 heavy (non-hydrogen) atoms. The third kappa shape index (κ3) is 5.91. The number of aryl methyl sites for hydroxylation is 1. The van der Waals surface area contributed by atoms with Gasteiger partial charge in [0.05, 0.1) is 11.6 Å². The lowest BCUT2D eigenvalue weighted by Gasteiger charge is -2.40. The van der Waals surface area contributed by atoms with Gasteiger partial charge < -0.3 is 0 Å². The predicted molar refractivity (Wildman–Crippen MR) is 139 cm³/mol. The van der Waals surface area contributed by atoms with Crippen LogP contribution in [0, 0.1) is 18.3 Å². The number of hydrogen-bond donors (Lipinski definition) is 0. The first-order valence-electron chi connectivity index (χ1n) is 12.6. The van der Waals surface area contributed by atoms with Crippen molar-refractivity contribution in [2.45, 2.75) is 52.1 Å². The van der Waals surface area contributed by atoms with Crippen LogP contribution in [0.5, 0.6) is 0 Å². The van der Waals surface area contributed by atoms with Gasteiger partial charge in [0, 0.05) is 51.2 Å². The zero-order valence-corrected chi connectivity index (χ0v) is 20.6. The van der Waals surface area contributed by atoms with Crippen LogP contribution in [0.2, 0.25) is 0 Å². The van der Waals surface area contributed by atoms with Crippen molar-refractivity contribution >= 4 is 0 Å². The van der Waals surface area contributed by atoms with E-state index in [-0.39, 0.29) is 0 Å². The van der Waals surface area contributed by atoms with Gasteiger partial charge in [0.2, 0.25) is 0 Å². The lowest BCUT2D eigenvalue weighted by Crippen LogP contribution is -2.47. The molecule has 1 unspecified atom stereocenters. The first-order valence-corrected chi connectivity index (χ1v) is 12.6. The Morgan fingerprint density at radius 1 is 1.00 bits per heavy atom. The highest BCUT2D eigenvalue weighted by atomic mass is 15.3. The Kier molecular flexibility index (Phi) is 8.46. The number of aromatic nitrogens is 1. The van der Waals surface area contributed by atoms with Gasteiger partial charge in [-0.25, -0.2) is 0 Å². The third-order valence-electron chi connectivity index (χ3n) is 7.07. The average molecular weight is 453 g/mol. The fraction of sp³-hybridized carbons (Fsp3) is 0.400. The molecule has 4 heteroatoms. The molecule has 1 aliphatic rings. The Labute approximate surface area is 204 Å². The van der Waals surface area contributed by atoms with Crippen molar-refractivity contribution in [2.24, 2.45) is 0 Å². The number of unbranched alkanes of at least 4 members (excludes halogenated alkanes) is 2. The maximum absolute atomic E-state index is 9.34. The molecule has 0 radical (unpaired) electrons. The monoisotopic (exact) mass is 452 g/mol. The van der Waals surface area contributed by atoms with Crippen molar-refractivity contribution in [1.29, 1.82) is 5.26 Å². The molecule has 0 aliphatic carbocycles. The summed E-state index contributed by atoms with van der Waals surface area (Å²) in [6, 6.07) is 21.9. The molecule has 2 heterocycles. The van der Waals surface area contributed by atoms with Crippen LogP contribution in [-0.2, 0) is 6.54 Å². The molecule has 1 fully saturated rings. The molecule has 0 bridgehead atoms. The molecule has 1 aromatic heterocycles. The molecule has 0 spiro atoms. The van der Waals surface area contributed by atoms with Gasteiger partial charge in [0.1, 0.15) is 0 Å². The Morgan fingerprint density at radius 2 is 1.79 bits per heavy atom. The topological polar surface area (TPSA) is 43.2 Å². The van der Waals surface area contributed by atoms with Crippen LogP contribution in [0.15, 0.2) is 67.0 Å². The number of benzene rings is 2. The maximum Gasteiger partial charge on any atom is 0.0994 e. The van der Waals surface area contributed by atoms with Crippen molar-refractivity contribution in [1.82, 2.24) is 14.8 Å². The van der Waals surface area contributed by atoms with E-state index in [1.807, 2.05) is 18.5 Å². The second-order valence-electron chi connectivity index (χ2n) is 9.41. The normalized spacial score (nSPS) is 15.7. The molecule has 0 saturated carbocycles. The molecule has 4 rings (SSSR count). The maximum atomic E-state index is 9.34. The molecule has 0 amide bonds. The number of piperazine rings is 1. The molecule has 176 valence electrons. The third-order valence-corrected chi connectivity index (χ3v) is 7.07. The van der Waals surface area contributed by atoms with E-state index in [4.69, 9.17) is 0 Å². The largest absolute Gasteiger partial charge is 0.296 e. The fourth-order valence-corrected chi connectivity index (χ4v) is 5.09. The van der Waals surface area contributed by atoms with Gasteiger partial charge in [-0.05, 0) is 53.3 Å². The van der Waals surface area contributed by atoms with E-state index in [1.165, 1.54) is 47.9 Å². The minimum absolute atomic E-state index is 0.429. The van der Waals surface area contributed by atoms with Crippen LogP contribution < -0.4 is 0 Å². The zero-order chi connectivity index (χ0) is 23.8. The molecule has 4 nitrogen and oxygen atoms in total. The zero-order valence-electron chi connectivity index (χ0n) is 20.6. The fourth-order valence-electron chi connectivity index (χ4n) is 5.09. The van der Waals surface area contributed by atoms with Crippen LogP contribution in [0.3, 0.4) is 0 Å². The number of nitrogens with zero attached hydrogens (tertiary/aromatic N) is 4. The van der Waals surface area contributed by atoms with Crippen molar-refractivity contribution in [2.75, 3.05) is 26.2 Å². The van der Waals surface area contributed by atoms with Crippen LogP contribution in [0.1, 0.15) is 60.9 Å². The van der Waals surface area contributed by atoms with E-state index in [0.717, 1.165) is 43.9 Å². The van der Waals surface area contributed by atoms with Crippen LogP contribution in [-0.4, -0.2) is 41.0 Å². The predicted octanol–water partition coefficient (Wildman–Crippen LogP) is 6.37. The second kappa shape index (κ2) is 11.9. The highest BCUT2D eigenvalue weighted by Crippen LogP contribution is 2.30. The summed E-state index contributed by atoms with van der Waals surface area (Å²) in [6.07, 6.45) is 8.86. The summed E-state index contributed by atoms with van der Waals surface area (Å²) in [5.41, 5.74) is 7.06. The van der Waals surface area contributed by atoms with Gasteiger partial charge in [0.25, 0.3) is 0 Å². The summed E-state index contributed by atoms with van der Waals surface area (Å²) in [5.74, 6) is 0. The van der Waals surface area contributed by atoms with Crippen LogP contribution in [0.4, 0.5) is 0 Å². The molecule has 3 aromatic rings. The van der Waals surface area contributed by atoms with Crippen molar-refractivity contribution in [3.8, 4) is 17.2 Å². The van der Waals surface area contributed by atoms with Gasteiger partial charge in [-0.1, -0.05) is 68.7 Å². The quantitative estimate of drug-likeness (QED) is 0.354. The summed E-state index contributed by atoms with van der Waals surface area (Å²) in [4.78, 5) is 9.65. The molecule has 0 N–H and O–H groups in total. The van der Waals surface area contributed by atoms with E-state index in [9.17, 15) is 5.26 Å². The standard InChI is InChI=1S/C30H36N4/c1-3-4-6-11-30(26-12-13-27(21-31)24(2)20-26)34-18-16-33(17-19-34)23-28-22-32-15-14-29(28)25-9-7-5-8-10-25/h5,7-10,12-15,20,22,30H,3-4,6,11,16-19,23H2,1-2H3. The second-order valence-corrected chi connectivity index (χ2v) is 9.41. The first-order chi connectivity index (χ1) is 16.7. The highest BCUT2D eigenvalue weighted by Gasteiger charge is 2.25. The molecule has 2 aromatic carbocycles. The average Bonchev–Trinajstić information content (AvgIpc) is 2.88. The number of hydrogen-bond acceptors (Lipinski definition) is 4. The van der Waals surface area contributed by atoms with Gasteiger partial charge >= 0.3 is 0 Å². The first kappa shape index (κ1) is 24.1. The van der Waals surface area contributed by atoms with E-state index in [2.05, 4.69) is 83.2 Å². The summed E-state index contributed by atoms with van der Waals surface area (Å²) < 4.78 is 0. The molecule has 1 saturated heterocycles. The van der Waals surface area contributed by atoms with Crippen molar-refractivity contribution in [3.05, 3.63) is 89.2 Å². The lowest BCUT2D eigenvalue weighted by molar-refractivity contribution is 0.0866. The lowest BCUT2D eigenvalue weighted by atomic mass is 9.95. The van der Waals surface area contributed by atoms with Gasteiger partial charge in [0.15, 0.2) is 0 Å². The Balaban J connectivity index is 1.44. The van der Waals surface area contributed by atoms with Gasteiger partial charge in [-0.15, -0.1) is 0 Å². The summed E-state index contributed by atoms with van der Waals surface area (Å²) >= 11 is 0. The van der Waals surface area contributed by atoms with Crippen LogP contribution in [0.25, 0.3) is 11.1 Å². The van der Waals surface area contributed by atoms with E-state index < -0.39 is 0 Å². The van der Waals surface area contributed by atoms with E-state index in [0.29, 0.717) is 6.04 Å². The smallest absolute Gasteiger partial charge is 0.0994 e. The Bertz CT molecular complexity index is 1090. The van der Waals surface area contributed by atoms with Gasteiger partial charge in [-0.3, -0.25) is 14.8 Å². The van der Waals surface area contributed by atoms with E-state index >= 15 is 0 Å². The minimum atomic E-state index is 0.429. The van der Waals surface area contributed by atoms with E-state index in [1.54, 1.807) is 0 Å². The molecular formula is C30H36N4. The SMILES string of the molecule is CCCCCC(c1ccc(C#N)c(C)c1)N1CCN(Cc2cnccc2-c2ccccc2)CC1. The summed E-state index contributed by atoms with van der Waals surface area (Å²) in [6.45, 7) is 9.50. The molecular weight excluding hydrogens is 416 g/mol. The Morgan fingerprint density at radius 3 is 2.50 bits per heavy atom. The number of pyridine rings is 1. The minimum Gasteiger partial charge on any atom is -0.296 e. The summed E-state index contributed by atoms with van der Waals surface area (Å²) in [5, 5.41) is 9.34.